The molecule has 2 fully saturated rings. The van der Waals surface area contributed by atoms with Gasteiger partial charge in [0.15, 0.2) is 24.5 Å². The van der Waals surface area contributed by atoms with E-state index in [4.69, 9.17) is 56.0 Å². The molecular weight excluding hydrogens is 777 g/mol. The van der Waals surface area contributed by atoms with E-state index in [0.717, 1.165) is 39.0 Å². The van der Waals surface area contributed by atoms with E-state index < -0.39 is 119 Å². The second kappa shape index (κ2) is 17.4. The van der Waals surface area contributed by atoms with Crippen LogP contribution in [-0.4, -0.2) is 118 Å². The molecule has 26 heteroatoms. The molecular formula is C25H35FN2O19P2S2. The quantitative estimate of drug-likeness (QED) is 0.0730. The van der Waals surface area contributed by atoms with Crippen LogP contribution in [0.2, 0.25) is 0 Å². The first-order valence-corrected chi connectivity index (χ1v) is 19.3. The van der Waals surface area contributed by atoms with Crippen LogP contribution in [0.4, 0.5) is 10.1 Å². The number of carbonyl (C=O) groups excluding carboxylic acids is 5. The summed E-state index contributed by atoms with van der Waals surface area (Å²) >= 11 is 5.64. The molecule has 288 valence electrons. The van der Waals surface area contributed by atoms with Gasteiger partial charge in [0, 0.05) is 33.3 Å². The van der Waals surface area contributed by atoms with E-state index in [1.54, 1.807) is 0 Å². The van der Waals surface area contributed by atoms with Crippen molar-refractivity contribution in [3.63, 3.8) is 0 Å². The number of primary amides is 1. The van der Waals surface area contributed by atoms with Crippen LogP contribution >= 0.6 is 25.9 Å². The maximum absolute atomic E-state index is 15.4. The Kier molecular flexibility index (Phi) is 14.6. The Morgan fingerprint density at radius 3 is 2.06 bits per heavy atom. The zero-order chi connectivity index (χ0) is 38.6. The number of aliphatic hydroxyl groups excluding tert-OH is 2. The van der Waals surface area contributed by atoms with Gasteiger partial charge in [-0.2, -0.15) is 0 Å². The van der Waals surface area contributed by atoms with Crippen molar-refractivity contribution in [3.8, 4) is 0 Å². The van der Waals surface area contributed by atoms with Gasteiger partial charge in [0.25, 0.3) is 5.91 Å². The van der Waals surface area contributed by atoms with Gasteiger partial charge in [-0.15, -0.1) is 11.3 Å². The van der Waals surface area contributed by atoms with Gasteiger partial charge in [0.1, 0.15) is 42.0 Å². The standard InChI is InChI=1S/C25H35FN2O19P2S2/c1-8(29)39-5-13(26)19-20(41-9(2)30)21(42-10(3)31)22(43-11(4)32)25(45-19)46-48(36,37)47-49(38,50)40-6-14-16(33)17(34)18(44-14)12-7-51-23(15(12)27)24(28)35/h7,13-14,16-22,25,33-34H,5-6,27H2,1-4H3,(H2,28,35)(H,36,37)(H,38,50)/t13-,14+,16+,17+,18-,19+,20+,21-,22-,25-,49?/m0/s1. The van der Waals surface area contributed by atoms with Gasteiger partial charge in [-0.1, -0.05) is 0 Å². The number of amides is 1. The highest BCUT2D eigenvalue weighted by Crippen LogP contribution is 2.62. The SMILES string of the molecule is CC(=O)OC[C@H](F)[C@H]1O[C@@H](OP(=O)(O)OP(O)(=S)OC[C@H]2O[C@@H](c3csc(C(N)=O)c3N)[C@H](O)[C@@H]2O)[C@@H](OC(C)=O)[C@@H](OC(C)=O)[C@@H]1OC(C)=O. The molecule has 0 aliphatic carbocycles. The molecule has 0 bridgehead atoms. The number of nitrogens with two attached hydrogens (primary N) is 2. The molecule has 8 N–H and O–H groups in total. The fraction of sp³-hybridized carbons (Fsp3) is 0.640. The van der Waals surface area contributed by atoms with E-state index in [1.165, 1.54) is 5.38 Å². The molecule has 1 amide bonds. The monoisotopic (exact) mass is 812 g/mol. The number of esters is 4. The number of carbonyl (C=O) groups is 5. The molecule has 3 rings (SSSR count). The molecule has 1 aromatic heterocycles. The second-order valence-corrected chi connectivity index (χ2v) is 16.1. The lowest BCUT2D eigenvalue weighted by Crippen LogP contribution is -2.64. The second-order valence-electron chi connectivity index (χ2n) is 10.8. The first kappa shape index (κ1) is 42.7. The first-order valence-electron chi connectivity index (χ1n) is 14.4. The topological polar surface area (TPSA) is 318 Å². The van der Waals surface area contributed by atoms with Crippen molar-refractivity contribution in [1.82, 2.24) is 0 Å². The molecule has 21 nitrogen and oxygen atoms in total. The van der Waals surface area contributed by atoms with E-state index >= 15 is 4.39 Å². The van der Waals surface area contributed by atoms with Gasteiger partial charge in [0.05, 0.1) is 12.3 Å². The van der Waals surface area contributed by atoms with E-state index in [9.17, 15) is 48.5 Å². The number of hydrogen-bond acceptors (Lipinski definition) is 20. The van der Waals surface area contributed by atoms with Crippen LogP contribution in [0.1, 0.15) is 49.0 Å². The van der Waals surface area contributed by atoms with Crippen molar-refractivity contribution in [2.24, 2.45) is 5.73 Å². The van der Waals surface area contributed by atoms with Crippen molar-refractivity contribution >= 4 is 73.2 Å². The van der Waals surface area contributed by atoms with Crippen LogP contribution in [0.15, 0.2) is 5.38 Å². The van der Waals surface area contributed by atoms with Crippen molar-refractivity contribution in [1.29, 1.82) is 0 Å². The predicted octanol–water partition coefficient (Wildman–Crippen LogP) is -0.621. The third-order valence-electron chi connectivity index (χ3n) is 6.84. The zero-order valence-corrected chi connectivity index (χ0v) is 30.3. The summed E-state index contributed by atoms with van der Waals surface area (Å²) in [5, 5.41) is 22.4. The maximum Gasteiger partial charge on any atom is 0.481 e. The third-order valence-corrected chi connectivity index (χ3v) is 11.4. The Morgan fingerprint density at radius 2 is 1.53 bits per heavy atom. The van der Waals surface area contributed by atoms with Crippen LogP contribution < -0.4 is 11.5 Å². The zero-order valence-electron chi connectivity index (χ0n) is 26.9. The molecule has 2 saturated heterocycles. The minimum atomic E-state index is -5.73. The lowest BCUT2D eigenvalue weighted by Gasteiger charge is -2.44. The van der Waals surface area contributed by atoms with E-state index in [0.29, 0.717) is 0 Å². The first-order chi connectivity index (χ1) is 23.5. The molecule has 0 aromatic carbocycles. The molecule has 2 aliphatic rings. The fourth-order valence-corrected chi connectivity index (χ4v) is 8.84. The molecule has 0 radical (unpaired) electrons. The average molecular weight is 813 g/mol. The van der Waals surface area contributed by atoms with Gasteiger partial charge in [-0.25, -0.2) is 13.3 Å². The van der Waals surface area contributed by atoms with E-state index in [2.05, 4.69) is 9.05 Å². The summed E-state index contributed by atoms with van der Waals surface area (Å²) in [5.74, 6) is -5.07. The Morgan fingerprint density at radius 1 is 0.961 bits per heavy atom. The highest BCUT2D eigenvalue weighted by atomic mass is 32.5. The highest BCUT2D eigenvalue weighted by molar-refractivity contribution is 8.08. The number of aliphatic hydroxyl groups is 2. The van der Waals surface area contributed by atoms with Gasteiger partial charge < -0.3 is 64.4 Å². The predicted molar refractivity (Wildman–Crippen MR) is 168 cm³/mol. The largest absolute Gasteiger partial charge is 0.481 e. The summed E-state index contributed by atoms with van der Waals surface area (Å²) in [7, 11) is -5.73. The number of phosphoric ester groups is 1. The summed E-state index contributed by atoms with van der Waals surface area (Å²) in [6.45, 7) is -3.20. The fourth-order valence-electron chi connectivity index (χ4n) is 4.88. The number of hydrogen-bond donors (Lipinski definition) is 6. The van der Waals surface area contributed by atoms with E-state index in [-0.39, 0.29) is 16.1 Å². The number of nitrogen functional groups attached to an aromatic ring is 1. The Balaban J connectivity index is 1.82. The number of anilines is 1. The Labute approximate surface area is 297 Å². The summed E-state index contributed by atoms with van der Waals surface area (Å²) < 4.78 is 74.1. The normalized spacial score (nSPS) is 30.6. The Bertz CT molecular complexity index is 1580. The lowest BCUT2D eigenvalue weighted by molar-refractivity contribution is -0.296. The molecule has 2 unspecified atom stereocenters. The Hall–Kier alpha value is -2.70. The van der Waals surface area contributed by atoms with Crippen molar-refractivity contribution in [2.45, 2.75) is 89.0 Å². The van der Waals surface area contributed by atoms with Crippen molar-refractivity contribution < 1.29 is 94.7 Å². The molecule has 0 spiro atoms. The molecule has 0 saturated carbocycles. The molecule has 51 heavy (non-hydrogen) atoms. The minimum Gasteiger partial charge on any atom is -0.463 e. The smallest absolute Gasteiger partial charge is 0.463 e. The molecule has 3 heterocycles. The van der Waals surface area contributed by atoms with Crippen molar-refractivity contribution in [2.75, 3.05) is 18.9 Å². The van der Waals surface area contributed by atoms with Gasteiger partial charge >= 0.3 is 38.4 Å². The van der Waals surface area contributed by atoms with Crippen LogP contribution in [-0.2, 0) is 77.3 Å². The van der Waals surface area contributed by atoms with Gasteiger partial charge in [0.2, 0.25) is 6.29 Å². The average Bonchev–Trinajstić information content (AvgIpc) is 3.50. The number of thiophene rings is 1. The lowest BCUT2D eigenvalue weighted by atomic mass is 9.95. The number of rotatable bonds is 15. The van der Waals surface area contributed by atoms with Gasteiger partial charge in [-0.3, -0.25) is 28.5 Å². The maximum atomic E-state index is 15.4. The number of halogens is 1. The molecule has 12 atom stereocenters. The van der Waals surface area contributed by atoms with Crippen molar-refractivity contribution in [3.05, 3.63) is 15.8 Å². The van der Waals surface area contributed by atoms with E-state index in [1.807, 2.05) is 0 Å². The molecule has 2 aliphatic heterocycles. The van der Waals surface area contributed by atoms with Crippen LogP contribution in [0.25, 0.3) is 0 Å². The minimum absolute atomic E-state index is 0.0374. The van der Waals surface area contributed by atoms with Crippen LogP contribution in [0.5, 0.6) is 0 Å². The summed E-state index contributed by atoms with van der Waals surface area (Å²) in [5.41, 5.74) is 11.2. The summed E-state index contributed by atoms with van der Waals surface area (Å²) in [6, 6.07) is 0. The van der Waals surface area contributed by atoms with Gasteiger partial charge in [-0.05, 0) is 17.2 Å². The van der Waals surface area contributed by atoms with Crippen LogP contribution in [0.3, 0.4) is 0 Å². The summed E-state index contributed by atoms with van der Waals surface area (Å²) in [6.07, 6.45) is -19.0. The number of ether oxygens (including phenoxy) is 6. The van der Waals surface area contributed by atoms with Crippen LogP contribution in [0, 0.1) is 0 Å². The third kappa shape index (κ3) is 11.4. The summed E-state index contributed by atoms with van der Waals surface area (Å²) in [4.78, 5) is 79.9. The number of alkyl halides is 1. The highest BCUT2D eigenvalue weighted by Gasteiger charge is 2.57. The molecule has 1 aromatic rings. The number of phosphoric acid groups is 1.